The maximum absolute atomic E-state index is 9.77. The average Bonchev–Trinajstić information content (AvgIpc) is 3.16. The van der Waals surface area contributed by atoms with Crippen LogP contribution in [0, 0.1) is 11.3 Å². The average molecular weight is 347 g/mol. The summed E-state index contributed by atoms with van der Waals surface area (Å²) in [6, 6.07) is 8.67. The number of nitriles is 1. The van der Waals surface area contributed by atoms with Crippen LogP contribution < -0.4 is 9.47 Å². The number of nitrogens with zero attached hydrogens (tertiary/aromatic N) is 1. The Balaban J connectivity index is 0.000000701. The first-order chi connectivity index (χ1) is 12.2. The molecular formula is C20H29NO4. The molecule has 0 bridgehead atoms. The minimum atomic E-state index is -0.335. The van der Waals surface area contributed by atoms with E-state index >= 15 is 0 Å². The van der Waals surface area contributed by atoms with Crippen molar-refractivity contribution in [1.82, 2.24) is 0 Å². The van der Waals surface area contributed by atoms with Crippen LogP contribution in [0.15, 0.2) is 18.2 Å². The Kier molecular flexibility index (Phi) is 7.54. The highest BCUT2D eigenvalue weighted by Crippen LogP contribution is 2.42. The van der Waals surface area contributed by atoms with Crippen LogP contribution in [0.4, 0.5) is 0 Å². The molecule has 0 heterocycles. The topological polar surface area (TPSA) is 71.7 Å². The lowest BCUT2D eigenvalue weighted by Crippen LogP contribution is -2.27. The molecule has 1 aromatic rings. The summed E-state index contributed by atoms with van der Waals surface area (Å²) in [5.74, 6) is 1.59. The molecule has 2 fully saturated rings. The minimum absolute atomic E-state index is 0.300. The third-order valence-corrected chi connectivity index (χ3v) is 5.23. The first kappa shape index (κ1) is 19.6. The molecule has 1 N–H and O–H groups in total. The monoisotopic (exact) mass is 347 g/mol. The summed E-state index contributed by atoms with van der Waals surface area (Å²) in [5, 5.41) is 16.8. The molecule has 0 saturated heterocycles. The van der Waals surface area contributed by atoms with E-state index in [0.29, 0.717) is 6.10 Å². The zero-order valence-corrected chi connectivity index (χ0v) is 15.3. The van der Waals surface area contributed by atoms with E-state index in [1.165, 1.54) is 26.4 Å². The van der Waals surface area contributed by atoms with Crippen molar-refractivity contribution in [2.75, 3.05) is 14.2 Å². The van der Waals surface area contributed by atoms with E-state index < -0.39 is 0 Å². The van der Waals surface area contributed by atoms with Gasteiger partial charge in [0.05, 0.1) is 31.8 Å². The van der Waals surface area contributed by atoms with Crippen LogP contribution in [0.3, 0.4) is 0 Å². The van der Waals surface area contributed by atoms with Gasteiger partial charge in [-0.2, -0.15) is 5.26 Å². The number of hydrogen-bond acceptors (Lipinski definition) is 5. The normalized spacial score (nSPS) is 19.4. The molecule has 0 aromatic heterocycles. The first-order valence-corrected chi connectivity index (χ1v) is 9.13. The maximum atomic E-state index is 9.77. The van der Waals surface area contributed by atoms with Crippen molar-refractivity contribution in [2.45, 2.75) is 69.3 Å². The third kappa shape index (κ3) is 4.87. The number of ether oxygens (including phenoxy) is 2. The number of rotatable bonds is 4. The molecule has 3 rings (SSSR count). The summed E-state index contributed by atoms with van der Waals surface area (Å²) in [5.41, 5.74) is 0.765. The van der Waals surface area contributed by atoms with Crippen LogP contribution in [0.25, 0.3) is 0 Å². The molecule has 0 radical (unpaired) electrons. The van der Waals surface area contributed by atoms with E-state index in [2.05, 4.69) is 23.1 Å². The van der Waals surface area contributed by atoms with Crippen LogP contribution in [-0.4, -0.2) is 25.6 Å². The number of hydrogen-bond donors (Lipinski definition) is 1. The van der Waals surface area contributed by atoms with Crippen LogP contribution in [-0.2, 0) is 10.3 Å². The Hall–Kier alpha value is -1.77. The summed E-state index contributed by atoms with van der Waals surface area (Å²) in [4.78, 5) is 3.25. The fraction of sp³-hybridized carbons (Fsp3) is 0.650. The number of methoxy groups -OCH3 is 1. The van der Waals surface area contributed by atoms with Gasteiger partial charge in [0.2, 0.25) is 0 Å². The quantitative estimate of drug-likeness (QED) is 0.623. The highest BCUT2D eigenvalue weighted by molar-refractivity contribution is 5.47. The largest absolute Gasteiger partial charge is 0.493 e. The molecule has 5 heteroatoms. The second-order valence-electron chi connectivity index (χ2n) is 6.83. The van der Waals surface area contributed by atoms with Crippen molar-refractivity contribution in [3.8, 4) is 17.6 Å². The van der Waals surface area contributed by atoms with Crippen molar-refractivity contribution in [3.05, 3.63) is 23.8 Å². The van der Waals surface area contributed by atoms with Gasteiger partial charge in [-0.05, 0) is 56.2 Å². The molecule has 0 spiro atoms. The Morgan fingerprint density at radius 1 is 1.04 bits per heavy atom. The van der Waals surface area contributed by atoms with E-state index in [9.17, 15) is 5.26 Å². The molecule has 0 atom stereocenters. The third-order valence-electron chi connectivity index (χ3n) is 5.23. The van der Waals surface area contributed by atoms with Crippen LogP contribution in [0.1, 0.15) is 63.4 Å². The fourth-order valence-electron chi connectivity index (χ4n) is 3.87. The van der Waals surface area contributed by atoms with Gasteiger partial charge in [-0.25, -0.2) is 4.89 Å². The summed E-state index contributed by atoms with van der Waals surface area (Å²) in [7, 11) is 2.86. The minimum Gasteiger partial charge on any atom is -0.493 e. The molecule has 0 aliphatic heterocycles. The Morgan fingerprint density at radius 2 is 1.68 bits per heavy atom. The van der Waals surface area contributed by atoms with Gasteiger partial charge < -0.3 is 9.47 Å². The maximum Gasteiger partial charge on any atom is 0.161 e. The highest BCUT2D eigenvalue weighted by Gasteiger charge is 2.34. The molecule has 2 aliphatic carbocycles. The van der Waals surface area contributed by atoms with Crippen molar-refractivity contribution in [1.29, 1.82) is 5.26 Å². The van der Waals surface area contributed by atoms with Gasteiger partial charge in [-0.1, -0.05) is 25.3 Å². The Morgan fingerprint density at radius 3 is 2.24 bits per heavy atom. The van der Waals surface area contributed by atoms with Crippen LogP contribution in [0.5, 0.6) is 11.5 Å². The van der Waals surface area contributed by atoms with Gasteiger partial charge in [0.25, 0.3) is 0 Å². The zero-order chi connectivity index (χ0) is 18.1. The molecule has 0 unspecified atom stereocenters. The van der Waals surface area contributed by atoms with E-state index in [1.807, 2.05) is 6.07 Å². The molecule has 2 saturated carbocycles. The summed E-state index contributed by atoms with van der Waals surface area (Å²) in [6.45, 7) is 0. The van der Waals surface area contributed by atoms with E-state index in [-0.39, 0.29) is 5.41 Å². The van der Waals surface area contributed by atoms with Gasteiger partial charge in [-0.15, -0.1) is 0 Å². The van der Waals surface area contributed by atoms with Crippen molar-refractivity contribution in [2.24, 2.45) is 0 Å². The second-order valence-corrected chi connectivity index (χ2v) is 6.83. The molecule has 1 aromatic carbocycles. The predicted molar refractivity (Wildman–Crippen MR) is 95.9 cm³/mol. The Bertz CT molecular complexity index is 570. The molecule has 25 heavy (non-hydrogen) atoms. The first-order valence-electron chi connectivity index (χ1n) is 9.13. The van der Waals surface area contributed by atoms with Gasteiger partial charge in [0.15, 0.2) is 11.5 Å². The van der Waals surface area contributed by atoms with Gasteiger partial charge >= 0.3 is 0 Å². The lowest BCUT2D eigenvalue weighted by molar-refractivity contribution is -0.214. The summed E-state index contributed by atoms with van der Waals surface area (Å²) in [6.07, 6.45) is 10.5. The van der Waals surface area contributed by atoms with Crippen molar-refractivity contribution >= 4 is 0 Å². The van der Waals surface area contributed by atoms with E-state index in [0.717, 1.165) is 55.6 Å². The van der Waals surface area contributed by atoms with Gasteiger partial charge in [0, 0.05) is 0 Å². The summed E-state index contributed by atoms with van der Waals surface area (Å²) >= 11 is 0. The predicted octanol–water partition coefficient (Wildman–Crippen LogP) is 4.85. The molecule has 5 nitrogen and oxygen atoms in total. The Labute approximate surface area is 150 Å². The number of benzene rings is 1. The van der Waals surface area contributed by atoms with Crippen LogP contribution >= 0.6 is 0 Å². The second kappa shape index (κ2) is 9.65. The van der Waals surface area contributed by atoms with Crippen molar-refractivity contribution in [3.63, 3.8) is 0 Å². The van der Waals surface area contributed by atoms with Gasteiger partial charge in [-0.3, -0.25) is 5.26 Å². The van der Waals surface area contributed by atoms with E-state index in [4.69, 9.17) is 14.7 Å². The molecular weight excluding hydrogens is 318 g/mol. The van der Waals surface area contributed by atoms with Gasteiger partial charge in [0.1, 0.15) is 0 Å². The lowest BCUT2D eigenvalue weighted by Gasteiger charge is -2.31. The molecule has 0 amide bonds. The fourth-order valence-corrected chi connectivity index (χ4v) is 3.87. The van der Waals surface area contributed by atoms with Crippen LogP contribution in [0.2, 0.25) is 0 Å². The van der Waals surface area contributed by atoms with Crippen molar-refractivity contribution < 1.29 is 19.6 Å². The smallest absolute Gasteiger partial charge is 0.161 e. The zero-order valence-electron chi connectivity index (χ0n) is 15.3. The molecule has 138 valence electrons. The van der Waals surface area contributed by atoms with E-state index in [1.54, 1.807) is 7.11 Å². The molecule has 2 aliphatic rings. The standard InChI is InChI=1S/C19H25NO2.CH4O2/c1-21-17-10-9-15(19(14-20)11-5-2-6-12-19)13-18(17)22-16-7-3-4-8-16;1-3-2/h9-10,13,16H,2-8,11-12H2,1H3;2H,1H3. The summed E-state index contributed by atoms with van der Waals surface area (Å²) < 4.78 is 11.6. The lowest BCUT2D eigenvalue weighted by atomic mass is 9.70. The highest BCUT2D eigenvalue weighted by atomic mass is 17.1. The SMILES string of the molecule is COO.COc1ccc(C2(C#N)CCCCC2)cc1OC1CCCC1.